The van der Waals surface area contributed by atoms with E-state index < -0.39 is 0 Å². The van der Waals surface area contributed by atoms with Crippen molar-refractivity contribution in [1.29, 1.82) is 0 Å². The van der Waals surface area contributed by atoms with E-state index >= 15 is 0 Å². The maximum absolute atomic E-state index is 6.07. The summed E-state index contributed by atoms with van der Waals surface area (Å²) in [5.41, 5.74) is 16.5. The Morgan fingerprint density at radius 2 is 1.03 bits per heavy atom. The molecular formula is C48H53Cl3N8OS2. The van der Waals surface area contributed by atoms with Gasteiger partial charge in [-0.25, -0.2) is 23.7 Å². The first-order valence-corrected chi connectivity index (χ1v) is 21.1. The molecule has 324 valence electrons. The van der Waals surface area contributed by atoms with Crippen LogP contribution in [-0.2, 0) is 0 Å². The molecule has 62 heavy (non-hydrogen) atoms. The number of aryl methyl sites for hydroxylation is 1. The van der Waals surface area contributed by atoms with Crippen molar-refractivity contribution in [2.24, 2.45) is 0 Å². The Labute approximate surface area is 390 Å². The Hall–Kier alpha value is -5.30. The first-order chi connectivity index (χ1) is 28.1. The lowest BCUT2D eigenvalue weighted by Gasteiger charge is -2.13. The third kappa shape index (κ3) is 11.0. The Balaban J connectivity index is 0.000000200. The second kappa shape index (κ2) is 20.7. The normalized spacial score (nSPS) is 10.5. The monoisotopic (exact) mass is 926 g/mol. The summed E-state index contributed by atoms with van der Waals surface area (Å²) in [5.74, 6) is 0.916. The molecule has 0 unspecified atom stereocenters. The standard InChI is InChI=1S/C17H19N2O.C16H18N3S.C15H15N3S.3ClH/c1-18(2)14-7-5-12-9-13-6-8-15(19(3)4)11-17(13)20-16(12)10-14;1-18(2)11-5-7-13-15(9-11)20-16-10-12(19(3)4)6-8-14(16)17-13;1-9-6-13-15(8-11(9)16)19-14-7-10(18(2)3)4-5-12(14)17-13;;;/h5-11H,1-4H3;5-10H,1-4H3;4-8,16H,1-3H3;3*1H/q2*+1;;;;/p-2. The number of fused-ring (bicyclic) bond motifs is 6. The largest absolute Gasteiger partial charge is 1.00 e. The lowest BCUT2D eigenvalue weighted by Crippen LogP contribution is -3.00. The van der Waals surface area contributed by atoms with E-state index in [1.54, 1.807) is 22.7 Å². The predicted octanol–water partition coefficient (Wildman–Crippen LogP) is -1.53. The van der Waals surface area contributed by atoms with Crippen LogP contribution in [0.3, 0.4) is 0 Å². The molecule has 3 aromatic carbocycles. The zero-order valence-electron chi connectivity index (χ0n) is 37.0. The SMILES string of the molecule is CN(C)c1ccc2cc3ccc(=[N+](C)C)cc-3oc2c1.CN(C)c1ccc2nc3ccc(=[N+](C)C)cc-3sc2c1.Cc1cc2nc3ccc(=[N+](C)C)cc-3sc2cc1N.[Cl-].[Cl-].[Cl-]. The van der Waals surface area contributed by atoms with E-state index in [9.17, 15) is 0 Å². The van der Waals surface area contributed by atoms with Gasteiger partial charge in [0.2, 0.25) is 16.1 Å². The Bertz CT molecular complexity index is 2980. The molecule has 0 radical (unpaired) electrons. The number of nitrogens with zero attached hydrogens (tertiary/aromatic N) is 7. The van der Waals surface area contributed by atoms with Crippen LogP contribution in [0.25, 0.3) is 63.9 Å². The number of nitrogen functional groups attached to an aromatic ring is 1. The number of hydrogen-bond acceptors (Lipinski definition) is 8. The van der Waals surface area contributed by atoms with E-state index in [1.807, 2.05) is 55.3 Å². The third-order valence-electron chi connectivity index (χ3n) is 10.2. The third-order valence-corrected chi connectivity index (χ3v) is 12.4. The number of anilines is 3. The molecule has 0 spiro atoms. The van der Waals surface area contributed by atoms with Gasteiger partial charge in [0.1, 0.15) is 53.6 Å². The molecule has 3 aliphatic carbocycles. The van der Waals surface area contributed by atoms with Crippen molar-refractivity contribution in [2.75, 3.05) is 86.0 Å². The van der Waals surface area contributed by atoms with Gasteiger partial charge >= 0.3 is 0 Å². The van der Waals surface area contributed by atoms with Crippen molar-refractivity contribution < 1.29 is 41.6 Å². The smallest absolute Gasteiger partial charge is 0.203 e. The molecule has 0 saturated heterocycles. The van der Waals surface area contributed by atoms with Gasteiger partial charge in [0.15, 0.2) is 0 Å². The van der Waals surface area contributed by atoms with Gasteiger partial charge in [0.05, 0.1) is 47.6 Å². The van der Waals surface area contributed by atoms with Crippen molar-refractivity contribution in [2.45, 2.75) is 6.92 Å². The number of aromatic nitrogens is 2. The fourth-order valence-corrected chi connectivity index (χ4v) is 8.59. The molecule has 0 aromatic heterocycles. The van der Waals surface area contributed by atoms with E-state index in [2.05, 4.69) is 155 Å². The van der Waals surface area contributed by atoms with Gasteiger partial charge in [-0.2, -0.15) is 0 Å². The van der Waals surface area contributed by atoms with Crippen LogP contribution in [0.15, 0.2) is 114 Å². The Morgan fingerprint density at radius 3 is 1.60 bits per heavy atom. The van der Waals surface area contributed by atoms with Gasteiger partial charge in [-0.15, -0.1) is 22.7 Å². The number of halogens is 3. The zero-order chi connectivity index (χ0) is 42.1. The van der Waals surface area contributed by atoms with Crippen LogP contribution in [0.5, 0.6) is 0 Å². The number of hydrogen-bond donors (Lipinski definition) is 1. The van der Waals surface area contributed by atoms with Crippen LogP contribution in [0.1, 0.15) is 5.56 Å². The minimum Gasteiger partial charge on any atom is -1.00 e. The highest BCUT2D eigenvalue weighted by Crippen LogP contribution is 2.33. The van der Waals surface area contributed by atoms with E-state index in [1.165, 1.54) is 30.9 Å². The van der Waals surface area contributed by atoms with Gasteiger partial charge in [0.25, 0.3) is 0 Å². The van der Waals surface area contributed by atoms with Crippen molar-refractivity contribution >= 4 is 71.1 Å². The topological polar surface area (TPSA) is 80.5 Å². The lowest BCUT2D eigenvalue weighted by molar-refractivity contribution is -0.00100. The summed E-state index contributed by atoms with van der Waals surface area (Å²) < 4.78 is 14.7. The maximum Gasteiger partial charge on any atom is 0.203 e. The predicted molar refractivity (Wildman–Crippen MR) is 254 cm³/mol. The number of nitrogens with two attached hydrogens (primary N) is 1. The summed E-state index contributed by atoms with van der Waals surface area (Å²) in [7, 11) is 20.5. The van der Waals surface area contributed by atoms with E-state index in [4.69, 9.17) is 20.1 Å². The Morgan fingerprint density at radius 1 is 0.532 bits per heavy atom. The molecule has 0 saturated carbocycles. The maximum atomic E-state index is 6.07. The van der Waals surface area contributed by atoms with Crippen molar-refractivity contribution in [3.05, 3.63) is 131 Å². The summed E-state index contributed by atoms with van der Waals surface area (Å²) in [4.78, 5) is 16.1. The molecule has 0 atom stereocenters. The molecule has 0 bridgehead atoms. The van der Waals surface area contributed by atoms with Crippen LogP contribution in [-0.4, -0.2) is 80.4 Å². The van der Waals surface area contributed by atoms with Crippen LogP contribution in [0.4, 0.5) is 17.1 Å². The van der Waals surface area contributed by atoms with Crippen LogP contribution in [0.2, 0.25) is 0 Å². The van der Waals surface area contributed by atoms with E-state index in [0.29, 0.717) is 0 Å². The molecule has 2 N–H and O–H groups in total. The van der Waals surface area contributed by atoms with Gasteiger partial charge in [-0.1, -0.05) is 0 Å². The van der Waals surface area contributed by atoms with Gasteiger partial charge in [0, 0.05) is 92.6 Å². The summed E-state index contributed by atoms with van der Waals surface area (Å²) >= 11 is 3.54. The molecule has 9 rings (SSSR count). The second-order valence-electron chi connectivity index (χ2n) is 15.7. The average Bonchev–Trinajstić information content (AvgIpc) is 3.21. The summed E-state index contributed by atoms with van der Waals surface area (Å²) in [6.07, 6.45) is 0. The minimum absolute atomic E-state index is 0. The van der Waals surface area contributed by atoms with Crippen LogP contribution in [0, 0.1) is 6.92 Å². The first kappa shape index (κ1) is 49.4. The molecule has 3 heterocycles. The van der Waals surface area contributed by atoms with Gasteiger partial charge in [-0.3, -0.25) is 0 Å². The fraction of sp³-hybridized carbons (Fsp3) is 0.229. The molecular weight excluding hydrogens is 875 g/mol. The first-order valence-electron chi connectivity index (χ1n) is 19.4. The minimum atomic E-state index is 0. The molecule has 3 aliphatic heterocycles. The quantitative estimate of drug-likeness (QED) is 0.129. The molecule has 3 aromatic rings. The van der Waals surface area contributed by atoms with Gasteiger partial charge < -0.3 is 57.2 Å². The van der Waals surface area contributed by atoms with Crippen LogP contribution < -0.4 is 82.6 Å². The van der Waals surface area contributed by atoms with E-state index in [0.717, 1.165) is 71.7 Å². The fourth-order valence-electron chi connectivity index (χ4n) is 6.52. The highest BCUT2D eigenvalue weighted by molar-refractivity contribution is 7.21. The van der Waals surface area contributed by atoms with Crippen molar-refractivity contribution in [3.8, 4) is 32.5 Å². The second-order valence-corrected chi connectivity index (χ2v) is 17.9. The van der Waals surface area contributed by atoms with Gasteiger partial charge in [-0.05, 0) is 79.2 Å². The van der Waals surface area contributed by atoms with Crippen molar-refractivity contribution in [3.63, 3.8) is 0 Å². The summed E-state index contributed by atoms with van der Waals surface area (Å²) in [5, 5.41) is 4.66. The molecule has 0 amide bonds. The number of benzene rings is 6. The summed E-state index contributed by atoms with van der Waals surface area (Å²) in [6, 6.07) is 38.0. The van der Waals surface area contributed by atoms with Crippen molar-refractivity contribution in [1.82, 2.24) is 23.7 Å². The molecule has 6 aliphatic rings. The lowest BCUT2D eigenvalue weighted by atomic mass is 10.1. The number of rotatable bonds is 2. The average molecular weight is 928 g/mol. The molecule has 0 fully saturated rings. The highest BCUT2D eigenvalue weighted by atomic mass is 35.5. The Kier molecular flexibility index (Phi) is 16.5. The zero-order valence-corrected chi connectivity index (χ0v) is 40.9. The highest BCUT2D eigenvalue weighted by Gasteiger charge is 2.12. The molecule has 14 heteroatoms. The summed E-state index contributed by atoms with van der Waals surface area (Å²) in [6.45, 7) is 2.01. The molecule has 9 nitrogen and oxygen atoms in total. The van der Waals surface area contributed by atoms with Crippen LogP contribution >= 0.6 is 22.7 Å². The van der Waals surface area contributed by atoms with E-state index in [-0.39, 0.29) is 37.2 Å².